The predicted octanol–water partition coefficient (Wildman–Crippen LogP) is 7.25. The smallest absolute Gasteiger partial charge is 0.336 e. The van der Waals surface area contributed by atoms with Gasteiger partial charge in [0, 0.05) is 4.88 Å². The number of carboxylic acids is 2. The zero-order valence-corrected chi connectivity index (χ0v) is 18.6. The van der Waals surface area contributed by atoms with Gasteiger partial charge in [-0.25, -0.2) is 9.59 Å². The molecule has 5 heteroatoms. The lowest BCUT2D eigenvalue weighted by atomic mass is 9.91. The van der Waals surface area contributed by atoms with Gasteiger partial charge < -0.3 is 10.2 Å². The quantitative estimate of drug-likeness (QED) is 0.403. The minimum absolute atomic E-state index is 0.190. The van der Waals surface area contributed by atoms with Gasteiger partial charge in [0.05, 0.1) is 11.1 Å². The summed E-state index contributed by atoms with van der Waals surface area (Å²) < 4.78 is 0. The topological polar surface area (TPSA) is 74.6 Å². The van der Waals surface area contributed by atoms with Crippen molar-refractivity contribution in [3.8, 4) is 0 Å². The van der Waals surface area contributed by atoms with Gasteiger partial charge in [-0.3, -0.25) is 0 Å². The maximum Gasteiger partial charge on any atom is 0.336 e. The molecule has 29 heavy (non-hydrogen) atoms. The monoisotopic (exact) mass is 418 g/mol. The second-order valence-electron chi connectivity index (χ2n) is 7.23. The summed E-state index contributed by atoms with van der Waals surface area (Å²) in [4.78, 5) is 22.5. The number of unbranched alkanes of at least 4 members (excludes halogenated alkanes) is 2. The zero-order valence-electron chi connectivity index (χ0n) is 17.8. The molecule has 1 atom stereocenters. The van der Waals surface area contributed by atoms with Crippen molar-refractivity contribution in [1.82, 2.24) is 0 Å². The van der Waals surface area contributed by atoms with Gasteiger partial charge in [0.1, 0.15) is 0 Å². The minimum Gasteiger partial charge on any atom is -0.478 e. The van der Waals surface area contributed by atoms with Crippen molar-refractivity contribution >= 4 is 23.3 Å². The summed E-state index contributed by atoms with van der Waals surface area (Å²) >= 11 is 1.98. The lowest BCUT2D eigenvalue weighted by Crippen LogP contribution is -2.06. The summed E-state index contributed by atoms with van der Waals surface area (Å²) in [5.74, 6) is -1.63. The molecule has 0 aliphatic carbocycles. The zero-order chi connectivity index (χ0) is 21.6. The fourth-order valence-corrected chi connectivity index (χ4v) is 4.24. The van der Waals surface area contributed by atoms with Crippen LogP contribution in [0.4, 0.5) is 0 Å². The summed E-state index contributed by atoms with van der Waals surface area (Å²) in [6.07, 6.45) is 10.7. The Labute approximate surface area is 178 Å². The molecule has 1 heterocycles. The van der Waals surface area contributed by atoms with E-state index in [1.807, 2.05) is 11.3 Å². The third-order valence-electron chi connectivity index (χ3n) is 4.85. The normalized spacial score (nSPS) is 11.4. The van der Waals surface area contributed by atoms with E-state index in [1.165, 1.54) is 75.6 Å². The van der Waals surface area contributed by atoms with Crippen LogP contribution in [0.1, 0.15) is 103 Å². The molecule has 2 rings (SSSR count). The van der Waals surface area contributed by atoms with E-state index in [4.69, 9.17) is 10.2 Å². The van der Waals surface area contributed by atoms with Crippen LogP contribution in [0.2, 0.25) is 0 Å². The van der Waals surface area contributed by atoms with E-state index >= 15 is 0 Å². The molecule has 0 bridgehead atoms. The van der Waals surface area contributed by atoms with Crippen molar-refractivity contribution in [2.45, 2.75) is 78.1 Å². The average Bonchev–Trinajstić information content (AvgIpc) is 3.18. The third kappa shape index (κ3) is 8.82. The molecule has 2 aromatic rings. The lowest BCUT2D eigenvalue weighted by molar-refractivity contribution is 0.0651. The summed E-state index contributed by atoms with van der Waals surface area (Å²) in [5, 5.41) is 19.5. The van der Waals surface area contributed by atoms with E-state index in [0.717, 1.165) is 5.92 Å². The molecule has 0 aliphatic heterocycles. The molecule has 0 fully saturated rings. The number of aryl methyl sites for hydroxylation is 1. The van der Waals surface area contributed by atoms with E-state index in [-0.39, 0.29) is 11.1 Å². The van der Waals surface area contributed by atoms with E-state index in [0.29, 0.717) is 0 Å². The largest absolute Gasteiger partial charge is 0.478 e. The van der Waals surface area contributed by atoms with Gasteiger partial charge in [-0.15, -0.1) is 11.3 Å². The Bertz CT molecular complexity index is 718. The van der Waals surface area contributed by atoms with Gasteiger partial charge in [0.15, 0.2) is 0 Å². The molecular formula is C24H34O4S. The maximum absolute atomic E-state index is 10.5. The number of rotatable bonds is 11. The van der Waals surface area contributed by atoms with Gasteiger partial charge in [-0.05, 0) is 60.7 Å². The summed E-state index contributed by atoms with van der Waals surface area (Å²) in [6.45, 7) is 6.88. The van der Waals surface area contributed by atoms with Crippen molar-refractivity contribution in [3.05, 3.63) is 57.3 Å². The molecule has 0 saturated heterocycles. The number of hydrogen-bond donors (Lipinski definition) is 2. The van der Waals surface area contributed by atoms with Crippen molar-refractivity contribution in [3.63, 3.8) is 0 Å². The van der Waals surface area contributed by atoms with Crippen molar-refractivity contribution in [1.29, 1.82) is 0 Å². The average molecular weight is 419 g/mol. The SMILES string of the molecule is CCCCc1cc(C(CCC)CCCC)cs1.O=C(O)c1ccccc1C(=O)O. The number of aromatic carboxylic acids is 2. The van der Waals surface area contributed by atoms with Crippen LogP contribution in [-0.2, 0) is 6.42 Å². The summed E-state index contributed by atoms with van der Waals surface area (Å²) in [7, 11) is 0. The Balaban J connectivity index is 0.000000308. The maximum atomic E-state index is 10.5. The van der Waals surface area contributed by atoms with Crippen LogP contribution >= 0.6 is 11.3 Å². The lowest BCUT2D eigenvalue weighted by Gasteiger charge is -2.14. The first-order chi connectivity index (χ1) is 13.9. The molecule has 0 aliphatic rings. The molecule has 0 radical (unpaired) electrons. The van der Waals surface area contributed by atoms with Crippen LogP contribution in [0.3, 0.4) is 0 Å². The molecular weight excluding hydrogens is 384 g/mol. The van der Waals surface area contributed by atoms with Gasteiger partial charge in [-0.1, -0.05) is 58.6 Å². The van der Waals surface area contributed by atoms with E-state index in [9.17, 15) is 9.59 Å². The van der Waals surface area contributed by atoms with Crippen molar-refractivity contribution in [2.24, 2.45) is 0 Å². The third-order valence-corrected chi connectivity index (χ3v) is 5.87. The van der Waals surface area contributed by atoms with E-state index in [2.05, 4.69) is 32.2 Å². The highest BCUT2D eigenvalue weighted by atomic mass is 32.1. The Morgan fingerprint density at radius 2 is 1.48 bits per heavy atom. The van der Waals surface area contributed by atoms with Gasteiger partial charge >= 0.3 is 11.9 Å². The first kappa shape index (κ1) is 24.9. The van der Waals surface area contributed by atoms with Crippen LogP contribution in [-0.4, -0.2) is 22.2 Å². The van der Waals surface area contributed by atoms with Gasteiger partial charge in [0.2, 0.25) is 0 Å². The first-order valence-electron chi connectivity index (χ1n) is 10.6. The Morgan fingerprint density at radius 1 is 0.897 bits per heavy atom. The molecule has 0 amide bonds. The second-order valence-corrected chi connectivity index (χ2v) is 8.23. The molecule has 0 saturated carbocycles. The van der Waals surface area contributed by atoms with Crippen LogP contribution in [0.15, 0.2) is 35.7 Å². The van der Waals surface area contributed by atoms with Crippen LogP contribution in [0, 0.1) is 0 Å². The van der Waals surface area contributed by atoms with Gasteiger partial charge in [0.25, 0.3) is 0 Å². The highest BCUT2D eigenvalue weighted by Gasteiger charge is 2.14. The first-order valence-corrected chi connectivity index (χ1v) is 11.4. The number of carboxylic acid groups (broad SMARTS) is 2. The predicted molar refractivity (Wildman–Crippen MR) is 120 cm³/mol. The van der Waals surface area contributed by atoms with Crippen LogP contribution < -0.4 is 0 Å². The van der Waals surface area contributed by atoms with Crippen molar-refractivity contribution in [2.75, 3.05) is 0 Å². The highest BCUT2D eigenvalue weighted by Crippen LogP contribution is 2.31. The fraction of sp³-hybridized carbons (Fsp3) is 0.500. The Kier molecular flexibility index (Phi) is 12.0. The molecule has 1 unspecified atom stereocenters. The standard InChI is InChI=1S/C16H28S.C8H6O4/c1-4-7-10-14(9-6-3)15-12-16(17-13-15)11-8-5-2;9-7(10)5-3-1-2-4-6(5)8(11)12/h12-14H,4-11H2,1-3H3;1-4H,(H,9,10)(H,11,12). The van der Waals surface area contributed by atoms with Crippen LogP contribution in [0.5, 0.6) is 0 Å². The number of thiophene rings is 1. The minimum atomic E-state index is -1.23. The molecule has 1 aromatic heterocycles. The Hall–Kier alpha value is -2.14. The fourth-order valence-electron chi connectivity index (χ4n) is 3.23. The molecule has 4 nitrogen and oxygen atoms in total. The second kappa shape index (κ2) is 13.9. The van der Waals surface area contributed by atoms with Crippen molar-refractivity contribution < 1.29 is 19.8 Å². The number of carbonyl (C=O) groups is 2. The van der Waals surface area contributed by atoms with Crippen LogP contribution in [0.25, 0.3) is 0 Å². The highest BCUT2D eigenvalue weighted by molar-refractivity contribution is 7.10. The van der Waals surface area contributed by atoms with Gasteiger partial charge in [-0.2, -0.15) is 0 Å². The Morgan fingerprint density at radius 3 is 1.97 bits per heavy atom. The number of benzene rings is 1. The summed E-state index contributed by atoms with van der Waals surface area (Å²) in [6, 6.07) is 7.96. The molecule has 0 spiro atoms. The molecule has 160 valence electrons. The molecule has 1 aromatic carbocycles. The number of hydrogen-bond acceptors (Lipinski definition) is 3. The summed E-state index contributed by atoms with van der Waals surface area (Å²) in [5.41, 5.74) is 1.24. The van der Waals surface area contributed by atoms with E-state index < -0.39 is 11.9 Å². The van der Waals surface area contributed by atoms with E-state index in [1.54, 1.807) is 10.4 Å². The molecule has 2 N–H and O–H groups in total.